The maximum atomic E-state index is 13.6. The van der Waals surface area contributed by atoms with Crippen molar-refractivity contribution in [1.82, 2.24) is 19.7 Å². The van der Waals surface area contributed by atoms with Crippen molar-refractivity contribution < 1.29 is 34.6 Å². The molecule has 4 rings (SSSR count). The van der Waals surface area contributed by atoms with Gasteiger partial charge in [0.05, 0.1) is 18.1 Å². The minimum Gasteiger partial charge on any atom is -0.373 e. The van der Waals surface area contributed by atoms with Crippen LogP contribution in [0, 0.1) is 11.6 Å². The average molecular weight is 524 g/mol. The first-order chi connectivity index (χ1) is 16.9. The van der Waals surface area contributed by atoms with E-state index in [1.807, 2.05) is 0 Å². The Bertz CT molecular complexity index is 1590. The average Bonchev–Trinajstić information content (AvgIpc) is 2.82. The lowest BCUT2D eigenvalue weighted by molar-refractivity contribution is -0.0500. The quantitative estimate of drug-likeness (QED) is 0.215. The number of hydrogen-bond donors (Lipinski definition) is 0. The molecule has 0 aliphatic heterocycles. The van der Waals surface area contributed by atoms with Crippen molar-refractivity contribution in [3.63, 3.8) is 0 Å². The topological polar surface area (TPSA) is 104 Å². The van der Waals surface area contributed by atoms with Crippen molar-refractivity contribution in [3.05, 3.63) is 100 Å². The molecule has 2 aromatic carbocycles. The lowest BCUT2D eigenvalue weighted by Gasteiger charge is -2.10. The number of alkyl halides is 3. The molecule has 0 atom stereocenters. The van der Waals surface area contributed by atoms with Crippen LogP contribution in [0.4, 0.5) is 22.0 Å². The van der Waals surface area contributed by atoms with Crippen LogP contribution in [0.1, 0.15) is 11.3 Å². The maximum Gasteiger partial charge on any atom is 0.534 e. The van der Waals surface area contributed by atoms with Crippen molar-refractivity contribution >= 4 is 10.1 Å². The van der Waals surface area contributed by atoms with Gasteiger partial charge in [-0.05, 0) is 23.8 Å². The summed E-state index contributed by atoms with van der Waals surface area (Å²) in [4.78, 5) is 20.0. The van der Waals surface area contributed by atoms with Gasteiger partial charge in [-0.2, -0.15) is 26.7 Å². The van der Waals surface area contributed by atoms with Gasteiger partial charge in [0.15, 0.2) is 23.2 Å². The van der Waals surface area contributed by atoms with Crippen LogP contribution in [0.25, 0.3) is 17.1 Å². The second-order valence-corrected chi connectivity index (χ2v) is 8.81. The van der Waals surface area contributed by atoms with Crippen LogP contribution in [-0.2, 0) is 16.5 Å². The molecule has 0 fully saturated rings. The summed E-state index contributed by atoms with van der Waals surface area (Å²) < 4.78 is 91.6. The van der Waals surface area contributed by atoms with E-state index in [1.165, 1.54) is 23.0 Å². The highest BCUT2D eigenvalue weighted by Gasteiger charge is 2.48. The first-order valence-corrected chi connectivity index (χ1v) is 11.3. The Labute approximate surface area is 199 Å². The molecule has 0 saturated carbocycles. The number of nitrogens with zero attached hydrogens (tertiary/aromatic N) is 4. The molecule has 4 aromatic rings. The molecule has 0 aliphatic carbocycles. The van der Waals surface area contributed by atoms with E-state index in [1.54, 1.807) is 24.3 Å². The molecule has 0 N–H and O–H groups in total. The van der Waals surface area contributed by atoms with Crippen molar-refractivity contribution in [2.75, 3.05) is 0 Å². The zero-order valence-corrected chi connectivity index (χ0v) is 18.6. The van der Waals surface area contributed by atoms with Crippen LogP contribution in [0.2, 0.25) is 0 Å². The van der Waals surface area contributed by atoms with E-state index in [2.05, 4.69) is 19.2 Å². The van der Waals surface area contributed by atoms with Gasteiger partial charge in [0, 0.05) is 30.3 Å². The third kappa shape index (κ3) is 5.38. The SMILES string of the molecule is O=c1ccn(-c2ccc(F)c(F)c2)nc1Cc1cccc(-c2ncc(OS(=O)(=O)C(F)(F)F)cn2)c1. The molecule has 0 saturated heterocycles. The Morgan fingerprint density at radius 1 is 0.944 bits per heavy atom. The smallest absolute Gasteiger partial charge is 0.373 e. The summed E-state index contributed by atoms with van der Waals surface area (Å²) in [5.74, 6) is -2.78. The fourth-order valence-electron chi connectivity index (χ4n) is 3.04. The molecule has 0 unspecified atom stereocenters. The highest BCUT2D eigenvalue weighted by Crippen LogP contribution is 2.27. The lowest BCUT2D eigenvalue weighted by atomic mass is 10.1. The number of rotatable bonds is 6. The summed E-state index contributed by atoms with van der Waals surface area (Å²) in [6.45, 7) is 0. The normalized spacial score (nSPS) is 11.9. The number of halogens is 5. The van der Waals surface area contributed by atoms with Crippen LogP contribution >= 0.6 is 0 Å². The van der Waals surface area contributed by atoms with E-state index in [4.69, 9.17) is 0 Å². The van der Waals surface area contributed by atoms with Gasteiger partial charge >= 0.3 is 15.6 Å². The molecule has 0 amide bonds. The predicted octanol–water partition coefficient (Wildman–Crippen LogP) is 3.79. The number of benzene rings is 2. The van der Waals surface area contributed by atoms with Crippen molar-refractivity contribution in [2.24, 2.45) is 0 Å². The van der Waals surface area contributed by atoms with E-state index in [0.29, 0.717) is 11.1 Å². The molecule has 0 aliphatic rings. The van der Waals surface area contributed by atoms with E-state index in [-0.39, 0.29) is 23.6 Å². The van der Waals surface area contributed by atoms with E-state index >= 15 is 0 Å². The van der Waals surface area contributed by atoms with Gasteiger partial charge in [0.2, 0.25) is 5.43 Å². The fourth-order valence-corrected chi connectivity index (χ4v) is 3.47. The molecule has 14 heteroatoms. The first kappa shape index (κ1) is 24.9. The summed E-state index contributed by atoms with van der Waals surface area (Å²) in [6, 6.07) is 10.9. The molecule has 2 heterocycles. The van der Waals surface area contributed by atoms with Crippen molar-refractivity contribution in [1.29, 1.82) is 0 Å². The van der Waals surface area contributed by atoms with Crippen molar-refractivity contribution in [3.8, 4) is 22.8 Å². The maximum absolute atomic E-state index is 13.6. The van der Waals surface area contributed by atoms with Gasteiger partial charge in [-0.25, -0.2) is 23.4 Å². The largest absolute Gasteiger partial charge is 0.534 e. The van der Waals surface area contributed by atoms with Gasteiger partial charge in [-0.3, -0.25) is 4.79 Å². The number of hydrogen-bond acceptors (Lipinski definition) is 7. The van der Waals surface area contributed by atoms with Gasteiger partial charge < -0.3 is 4.18 Å². The predicted molar refractivity (Wildman–Crippen MR) is 116 cm³/mol. The Morgan fingerprint density at radius 3 is 2.33 bits per heavy atom. The van der Waals surface area contributed by atoms with E-state index in [9.17, 15) is 35.2 Å². The van der Waals surface area contributed by atoms with Gasteiger partial charge in [-0.1, -0.05) is 18.2 Å². The molecule has 2 aromatic heterocycles. The molecule has 0 radical (unpaired) electrons. The molecule has 36 heavy (non-hydrogen) atoms. The highest BCUT2D eigenvalue weighted by atomic mass is 32.2. The summed E-state index contributed by atoms with van der Waals surface area (Å²) in [7, 11) is -5.86. The monoisotopic (exact) mass is 524 g/mol. The third-order valence-corrected chi connectivity index (χ3v) is 5.70. The summed E-state index contributed by atoms with van der Waals surface area (Å²) in [5, 5.41) is 4.19. The zero-order valence-electron chi connectivity index (χ0n) is 17.8. The summed E-state index contributed by atoms with van der Waals surface area (Å²) in [6.07, 6.45) is 2.91. The minimum atomic E-state index is -5.86. The molecule has 186 valence electrons. The van der Waals surface area contributed by atoms with Crippen LogP contribution in [-0.4, -0.2) is 33.7 Å². The third-order valence-electron chi connectivity index (χ3n) is 4.72. The minimum absolute atomic E-state index is 0.0439. The lowest BCUT2D eigenvalue weighted by Crippen LogP contribution is -2.28. The standard InChI is InChI=1S/C22H13F5N4O4S/c23-17-5-4-15(10-18(17)24)31-7-6-20(32)19(30-31)9-13-2-1-3-14(8-13)21-28-11-16(12-29-21)35-36(33,34)22(25,26)27/h1-8,10-12H,9H2. The van der Waals surface area contributed by atoms with E-state index < -0.39 is 38.4 Å². The zero-order chi connectivity index (χ0) is 26.1. The molecule has 8 nitrogen and oxygen atoms in total. The first-order valence-electron chi connectivity index (χ1n) is 9.89. The summed E-state index contributed by atoms with van der Waals surface area (Å²) in [5.41, 5.74) is -4.70. The molecule has 0 spiro atoms. The highest BCUT2D eigenvalue weighted by molar-refractivity contribution is 7.88. The second kappa shape index (κ2) is 9.45. The second-order valence-electron chi connectivity index (χ2n) is 7.27. The van der Waals surface area contributed by atoms with Crippen LogP contribution in [0.15, 0.2) is 71.9 Å². The van der Waals surface area contributed by atoms with Crippen LogP contribution < -0.4 is 9.61 Å². The van der Waals surface area contributed by atoms with Gasteiger partial charge in [0.1, 0.15) is 5.69 Å². The fraction of sp³-hybridized carbons (Fsp3) is 0.0909. The Hall–Kier alpha value is -4.20. The molecule has 0 bridgehead atoms. The molecular weight excluding hydrogens is 511 g/mol. The van der Waals surface area contributed by atoms with E-state index in [0.717, 1.165) is 24.5 Å². The van der Waals surface area contributed by atoms with Crippen LogP contribution in [0.5, 0.6) is 5.75 Å². The number of aromatic nitrogens is 4. The summed E-state index contributed by atoms with van der Waals surface area (Å²) >= 11 is 0. The Kier molecular flexibility index (Phi) is 6.54. The van der Waals surface area contributed by atoms with Crippen LogP contribution in [0.3, 0.4) is 0 Å². The Balaban J connectivity index is 1.57. The van der Waals surface area contributed by atoms with Gasteiger partial charge in [-0.15, -0.1) is 0 Å². The Morgan fingerprint density at radius 2 is 1.67 bits per heavy atom. The van der Waals surface area contributed by atoms with Crippen molar-refractivity contribution in [2.45, 2.75) is 11.9 Å². The molecular formula is C22H13F5N4O4S. The van der Waals surface area contributed by atoms with Gasteiger partial charge in [0.25, 0.3) is 0 Å².